The molecular weight excluding hydrogens is 312 g/mol. The van der Waals surface area contributed by atoms with E-state index in [1.807, 2.05) is 6.92 Å². The molecule has 1 aromatic heterocycles. The summed E-state index contributed by atoms with van der Waals surface area (Å²) in [6.45, 7) is 3.92. The molecule has 1 heterocycles. The number of hydrogen-bond acceptors (Lipinski definition) is 4. The van der Waals surface area contributed by atoms with Crippen molar-refractivity contribution in [1.29, 1.82) is 0 Å². The maximum atomic E-state index is 12.4. The van der Waals surface area contributed by atoms with Gasteiger partial charge in [0.1, 0.15) is 5.75 Å². The number of rotatable bonds is 6. The maximum Gasteiger partial charge on any atom is 0.308 e. The van der Waals surface area contributed by atoms with Gasteiger partial charge in [-0.2, -0.15) is 0 Å². The Morgan fingerprint density at radius 1 is 1.38 bits per heavy atom. The number of nitrogens with zero attached hydrogens (tertiary/aromatic N) is 2. The quantitative estimate of drug-likeness (QED) is 0.525. The molecule has 0 aliphatic carbocycles. The van der Waals surface area contributed by atoms with Crippen molar-refractivity contribution in [2.75, 3.05) is 0 Å². The maximum absolute atomic E-state index is 12.4. The molecule has 0 spiro atoms. The lowest BCUT2D eigenvalue weighted by molar-refractivity contribution is -0.136. The minimum Gasteiger partial charge on any atom is -0.481 e. The Morgan fingerprint density at radius 3 is 2.67 bits per heavy atom. The van der Waals surface area contributed by atoms with E-state index >= 15 is 0 Å². The number of aliphatic imine (C=N–C) groups is 1. The third kappa shape index (κ3) is 3.83. The summed E-state index contributed by atoms with van der Waals surface area (Å²) in [7, 11) is 0. The van der Waals surface area contributed by atoms with Crippen molar-refractivity contribution in [3.05, 3.63) is 40.2 Å². The molecule has 1 unspecified atom stereocenters. The second-order valence-electron chi connectivity index (χ2n) is 5.28. The molecule has 0 radical (unpaired) electrons. The van der Waals surface area contributed by atoms with Gasteiger partial charge in [0.25, 0.3) is 5.56 Å². The summed E-state index contributed by atoms with van der Waals surface area (Å²) < 4.78 is 7.13. The average molecular weight is 332 g/mol. The highest BCUT2D eigenvalue weighted by Crippen LogP contribution is 2.22. The molecule has 8 heteroatoms. The predicted octanol–water partition coefficient (Wildman–Crippen LogP) is 0.647. The normalized spacial score (nSPS) is 11.9. The predicted molar refractivity (Wildman–Crippen MR) is 91.1 cm³/mol. The van der Waals surface area contributed by atoms with E-state index < -0.39 is 12.2 Å². The van der Waals surface area contributed by atoms with Gasteiger partial charge in [0.2, 0.25) is 0 Å². The van der Waals surface area contributed by atoms with Crippen molar-refractivity contribution >= 4 is 22.8 Å². The Kier molecular flexibility index (Phi) is 5.08. The van der Waals surface area contributed by atoms with Gasteiger partial charge in [0.05, 0.1) is 11.9 Å². The van der Waals surface area contributed by atoms with E-state index in [0.29, 0.717) is 17.8 Å². The van der Waals surface area contributed by atoms with Crippen LogP contribution in [0, 0.1) is 0 Å². The lowest BCUT2D eigenvalue weighted by Gasteiger charge is -2.14. The minimum atomic E-state index is -1.04. The van der Waals surface area contributed by atoms with E-state index in [-0.39, 0.29) is 23.5 Å². The highest BCUT2D eigenvalue weighted by molar-refractivity contribution is 5.82. The SMILES string of the molecule is CCn1c(=O)c(CC(=O)O)cc2ccc(OC(C)N=C(N)N)cc21. The number of aliphatic carboxylic acids is 1. The first-order chi connectivity index (χ1) is 11.3. The fourth-order valence-electron chi connectivity index (χ4n) is 2.52. The lowest BCUT2D eigenvalue weighted by Crippen LogP contribution is -2.26. The number of aromatic nitrogens is 1. The zero-order valence-electron chi connectivity index (χ0n) is 13.5. The van der Waals surface area contributed by atoms with Gasteiger partial charge in [-0.15, -0.1) is 0 Å². The fraction of sp³-hybridized carbons (Fsp3) is 0.312. The Hall–Kier alpha value is -3.03. The van der Waals surface area contributed by atoms with Gasteiger partial charge in [-0.25, -0.2) is 4.99 Å². The number of pyridine rings is 1. The minimum absolute atomic E-state index is 0.0768. The fourth-order valence-corrected chi connectivity index (χ4v) is 2.52. The molecule has 0 fully saturated rings. The van der Waals surface area contributed by atoms with Gasteiger partial charge in [0.15, 0.2) is 12.2 Å². The van der Waals surface area contributed by atoms with E-state index in [9.17, 15) is 9.59 Å². The molecule has 8 nitrogen and oxygen atoms in total. The summed E-state index contributed by atoms with van der Waals surface area (Å²) in [6.07, 6.45) is -0.880. The number of carboxylic acid groups (broad SMARTS) is 1. The summed E-state index contributed by atoms with van der Waals surface area (Å²) in [5.41, 5.74) is 11.2. The van der Waals surface area contributed by atoms with Crippen molar-refractivity contribution < 1.29 is 14.6 Å². The molecule has 2 rings (SSSR count). The van der Waals surface area contributed by atoms with Gasteiger partial charge in [0, 0.05) is 18.2 Å². The molecule has 0 amide bonds. The zero-order chi connectivity index (χ0) is 17.9. The van der Waals surface area contributed by atoms with Gasteiger partial charge >= 0.3 is 5.97 Å². The summed E-state index contributed by atoms with van der Waals surface area (Å²) in [4.78, 5) is 27.2. The van der Waals surface area contributed by atoms with Gasteiger partial charge in [-0.05, 0) is 37.4 Å². The third-order valence-corrected chi connectivity index (χ3v) is 3.44. The first kappa shape index (κ1) is 17.3. The van der Waals surface area contributed by atoms with Crippen LogP contribution < -0.4 is 21.8 Å². The van der Waals surface area contributed by atoms with Crippen LogP contribution in [-0.4, -0.2) is 27.8 Å². The number of aryl methyl sites for hydroxylation is 1. The van der Waals surface area contributed by atoms with Crippen molar-refractivity contribution in [1.82, 2.24) is 4.57 Å². The second kappa shape index (κ2) is 7.03. The summed E-state index contributed by atoms with van der Waals surface area (Å²) >= 11 is 0. The van der Waals surface area contributed by atoms with E-state index in [2.05, 4.69) is 4.99 Å². The van der Waals surface area contributed by atoms with Crippen molar-refractivity contribution in [3.8, 4) is 5.75 Å². The molecule has 2 aromatic rings. The highest BCUT2D eigenvalue weighted by atomic mass is 16.5. The van der Waals surface area contributed by atoms with Crippen LogP contribution in [0.1, 0.15) is 19.4 Å². The van der Waals surface area contributed by atoms with Crippen molar-refractivity contribution in [2.45, 2.75) is 33.0 Å². The van der Waals surface area contributed by atoms with Crippen molar-refractivity contribution in [2.24, 2.45) is 16.5 Å². The van der Waals surface area contributed by atoms with E-state index in [1.54, 1.807) is 31.2 Å². The molecule has 0 aliphatic rings. The van der Waals surface area contributed by atoms with Crippen molar-refractivity contribution in [3.63, 3.8) is 0 Å². The Morgan fingerprint density at radius 2 is 2.08 bits per heavy atom. The summed E-state index contributed by atoms with van der Waals surface area (Å²) in [5, 5.41) is 9.70. The molecular formula is C16H20N4O4. The van der Waals surface area contributed by atoms with Gasteiger partial charge in [-0.3, -0.25) is 9.59 Å². The smallest absolute Gasteiger partial charge is 0.308 e. The molecule has 24 heavy (non-hydrogen) atoms. The van der Waals surface area contributed by atoms with E-state index in [0.717, 1.165) is 5.39 Å². The molecule has 5 N–H and O–H groups in total. The van der Waals surface area contributed by atoms with Gasteiger partial charge < -0.3 is 25.9 Å². The zero-order valence-corrected chi connectivity index (χ0v) is 13.5. The highest BCUT2D eigenvalue weighted by Gasteiger charge is 2.12. The van der Waals surface area contributed by atoms with Crippen LogP contribution in [0.5, 0.6) is 5.75 Å². The molecule has 0 saturated carbocycles. The van der Waals surface area contributed by atoms with Crippen LogP contribution in [0.3, 0.4) is 0 Å². The second-order valence-corrected chi connectivity index (χ2v) is 5.28. The third-order valence-electron chi connectivity index (χ3n) is 3.44. The van der Waals surface area contributed by atoms with Crippen LogP contribution in [-0.2, 0) is 17.8 Å². The molecule has 0 saturated heterocycles. The van der Waals surface area contributed by atoms with Crippen LogP contribution >= 0.6 is 0 Å². The number of ether oxygens (including phenoxy) is 1. The molecule has 128 valence electrons. The lowest BCUT2D eigenvalue weighted by atomic mass is 10.1. The van der Waals surface area contributed by atoms with E-state index in [1.165, 1.54) is 4.57 Å². The van der Waals surface area contributed by atoms with Crippen LogP contribution in [0.2, 0.25) is 0 Å². The van der Waals surface area contributed by atoms with Gasteiger partial charge in [-0.1, -0.05) is 0 Å². The first-order valence-corrected chi connectivity index (χ1v) is 7.45. The molecule has 0 aliphatic heterocycles. The number of carboxylic acids is 1. The number of guanidine groups is 1. The van der Waals surface area contributed by atoms with E-state index in [4.69, 9.17) is 21.3 Å². The number of benzene rings is 1. The monoisotopic (exact) mass is 332 g/mol. The Bertz CT molecular complexity index is 853. The van der Waals surface area contributed by atoms with Crippen LogP contribution in [0.15, 0.2) is 34.1 Å². The largest absolute Gasteiger partial charge is 0.481 e. The number of hydrogen-bond donors (Lipinski definition) is 3. The molecule has 1 aromatic carbocycles. The standard InChI is InChI=1S/C16H20N4O4/c1-3-20-13-8-12(24-9(2)19-16(17)18)5-4-10(13)6-11(15(20)23)7-14(21)22/h4-6,8-9H,3,7H2,1-2H3,(H,21,22)(H4,17,18,19). The number of fused-ring (bicyclic) bond motifs is 1. The Balaban J connectivity index is 2.50. The summed E-state index contributed by atoms with van der Waals surface area (Å²) in [6, 6.07) is 6.80. The van der Waals surface area contributed by atoms with Crippen LogP contribution in [0.25, 0.3) is 10.9 Å². The molecule has 0 bridgehead atoms. The topological polar surface area (TPSA) is 133 Å². The van der Waals surface area contributed by atoms with Crippen LogP contribution in [0.4, 0.5) is 0 Å². The Labute approximate surface area is 138 Å². The average Bonchev–Trinajstić information content (AvgIpc) is 2.47. The number of carbonyl (C=O) groups is 1. The number of nitrogens with two attached hydrogens (primary N) is 2. The summed E-state index contributed by atoms with van der Waals surface area (Å²) in [5.74, 6) is -0.611. The first-order valence-electron chi connectivity index (χ1n) is 7.45. The molecule has 1 atom stereocenters.